The van der Waals surface area contributed by atoms with Crippen molar-refractivity contribution in [1.29, 1.82) is 0 Å². The van der Waals surface area contributed by atoms with E-state index in [0.717, 1.165) is 0 Å². The second-order valence-electron chi connectivity index (χ2n) is 3.24. The summed E-state index contributed by atoms with van der Waals surface area (Å²) in [6.07, 6.45) is 0.619. The van der Waals surface area contributed by atoms with Crippen LogP contribution in [0.5, 0.6) is 0 Å². The van der Waals surface area contributed by atoms with Crippen LogP contribution in [0.3, 0.4) is 0 Å². The maximum atomic E-state index is 9.63. The summed E-state index contributed by atoms with van der Waals surface area (Å²) in [4.78, 5) is 0. The molecule has 13 heavy (non-hydrogen) atoms. The molecule has 0 aromatic rings. The van der Waals surface area contributed by atoms with Crippen molar-refractivity contribution in [3.05, 3.63) is 11.3 Å². The number of aliphatic hydroxyl groups excluding tert-OH is 4. The van der Waals surface area contributed by atoms with Crippen molar-refractivity contribution in [2.24, 2.45) is 5.41 Å². The summed E-state index contributed by atoms with van der Waals surface area (Å²) in [6.45, 7) is 2.14. The van der Waals surface area contributed by atoms with Gasteiger partial charge in [0.1, 0.15) is 5.76 Å². The Labute approximate surface area is 78.1 Å². The molecule has 0 aliphatic rings. The molecule has 0 saturated carbocycles. The number of hydrogen-bond acceptors (Lipinski definition) is 4. The smallest absolute Gasteiger partial charge is 0.104 e. The summed E-state index contributed by atoms with van der Waals surface area (Å²) >= 11 is 0. The Bertz CT molecular complexity index is 174. The van der Waals surface area contributed by atoms with Crippen molar-refractivity contribution in [3.8, 4) is 0 Å². The van der Waals surface area contributed by atoms with Crippen LogP contribution in [0.15, 0.2) is 11.3 Å². The Kier molecular flexibility index (Phi) is 4.98. The third-order valence-electron chi connectivity index (χ3n) is 2.34. The molecule has 0 unspecified atom stereocenters. The standard InChI is InChI=1S/C9H18O4/c1-3-7(2)8(13)9(4-10,5-11)6-12/h10-13H,3-6H2,1-2H3. The minimum absolute atomic E-state index is 0.109. The maximum Gasteiger partial charge on any atom is 0.104 e. The minimum atomic E-state index is -1.29. The third kappa shape index (κ3) is 2.43. The van der Waals surface area contributed by atoms with E-state index in [-0.39, 0.29) is 5.76 Å². The van der Waals surface area contributed by atoms with Crippen molar-refractivity contribution in [1.82, 2.24) is 0 Å². The molecule has 0 atom stereocenters. The lowest BCUT2D eigenvalue weighted by Crippen LogP contribution is -2.36. The molecular formula is C9H18O4. The van der Waals surface area contributed by atoms with E-state index in [9.17, 15) is 5.11 Å². The normalized spacial score (nSPS) is 14.2. The van der Waals surface area contributed by atoms with Crippen molar-refractivity contribution < 1.29 is 20.4 Å². The van der Waals surface area contributed by atoms with Crippen LogP contribution in [-0.2, 0) is 0 Å². The Morgan fingerprint density at radius 1 is 1.08 bits per heavy atom. The summed E-state index contributed by atoms with van der Waals surface area (Å²) in [5.41, 5.74) is -0.628. The number of hydrogen-bond donors (Lipinski definition) is 4. The summed E-state index contributed by atoms with van der Waals surface area (Å²) in [6, 6.07) is 0. The first-order chi connectivity index (χ1) is 6.07. The van der Waals surface area contributed by atoms with E-state index in [4.69, 9.17) is 15.3 Å². The van der Waals surface area contributed by atoms with Crippen LogP contribution in [0.25, 0.3) is 0 Å². The topological polar surface area (TPSA) is 80.9 Å². The van der Waals surface area contributed by atoms with Crippen LogP contribution < -0.4 is 0 Å². The van der Waals surface area contributed by atoms with E-state index in [1.807, 2.05) is 6.92 Å². The second kappa shape index (κ2) is 5.21. The zero-order chi connectivity index (χ0) is 10.5. The number of aliphatic hydroxyl groups is 4. The van der Waals surface area contributed by atoms with Gasteiger partial charge in [-0.15, -0.1) is 0 Å². The molecule has 0 fully saturated rings. The van der Waals surface area contributed by atoms with Gasteiger partial charge < -0.3 is 20.4 Å². The van der Waals surface area contributed by atoms with Gasteiger partial charge in [-0.25, -0.2) is 0 Å². The molecule has 0 rings (SSSR count). The largest absolute Gasteiger partial charge is 0.512 e. The molecule has 0 amide bonds. The molecule has 0 bridgehead atoms. The SMILES string of the molecule is CCC(C)=C(O)C(CO)(CO)CO. The molecule has 0 saturated heterocycles. The second-order valence-corrected chi connectivity index (χ2v) is 3.24. The third-order valence-corrected chi connectivity index (χ3v) is 2.34. The maximum absolute atomic E-state index is 9.63. The monoisotopic (exact) mass is 190 g/mol. The molecule has 4 N–H and O–H groups in total. The highest BCUT2D eigenvalue weighted by atomic mass is 16.3. The minimum Gasteiger partial charge on any atom is -0.512 e. The van der Waals surface area contributed by atoms with Gasteiger partial charge in [-0.1, -0.05) is 6.92 Å². The fourth-order valence-electron chi connectivity index (χ4n) is 0.995. The zero-order valence-corrected chi connectivity index (χ0v) is 8.12. The van der Waals surface area contributed by atoms with E-state index in [1.165, 1.54) is 0 Å². The van der Waals surface area contributed by atoms with Gasteiger partial charge >= 0.3 is 0 Å². The fourth-order valence-corrected chi connectivity index (χ4v) is 0.995. The Morgan fingerprint density at radius 3 is 1.69 bits per heavy atom. The van der Waals surface area contributed by atoms with Crippen molar-refractivity contribution >= 4 is 0 Å². The summed E-state index contributed by atoms with van der Waals surface area (Å²) in [7, 11) is 0. The first-order valence-electron chi connectivity index (χ1n) is 4.29. The lowest BCUT2D eigenvalue weighted by molar-refractivity contribution is 0.00341. The molecule has 0 aromatic carbocycles. The lowest BCUT2D eigenvalue weighted by Gasteiger charge is -2.27. The molecule has 0 aliphatic heterocycles. The van der Waals surface area contributed by atoms with Gasteiger partial charge in [-0.2, -0.15) is 0 Å². The van der Waals surface area contributed by atoms with Gasteiger partial charge in [0.15, 0.2) is 0 Å². The van der Waals surface area contributed by atoms with Crippen LogP contribution in [-0.4, -0.2) is 40.2 Å². The summed E-state index contributed by atoms with van der Waals surface area (Å²) in [5.74, 6) is -0.109. The van der Waals surface area contributed by atoms with Crippen LogP contribution in [0.4, 0.5) is 0 Å². The molecule has 0 heterocycles. The number of allylic oxidation sites excluding steroid dienone is 1. The molecule has 0 spiro atoms. The van der Waals surface area contributed by atoms with Crippen LogP contribution in [0.2, 0.25) is 0 Å². The van der Waals surface area contributed by atoms with Crippen LogP contribution in [0.1, 0.15) is 20.3 Å². The van der Waals surface area contributed by atoms with E-state index < -0.39 is 25.2 Å². The van der Waals surface area contributed by atoms with Gasteiger partial charge in [-0.05, 0) is 18.9 Å². The van der Waals surface area contributed by atoms with Crippen molar-refractivity contribution in [2.45, 2.75) is 20.3 Å². The first kappa shape index (κ1) is 12.4. The Hall–Kier alpha value is -0.580. The highest BCUT2D eigenvalue weighted by molar-refractivity contribution is 5.14. The number of rotatable bonds is 5. The first-order valence-corrected chi connectivity index (χ1v) is 4.29. The molecule has 0 radical (unpaired) electrons. The fraction of sp³-hybridized carbons (Fsp3) is 0.778. The lowest BCUT2D eigenvalue weighted by atomic mass is 9.86. The zero-order valence-electron chi connectivity index (χ0n) is 8.12. The van der Waals surface area contributed by atoms with Gasteiger partial charge in [0.25, 0.3) is 0 Å². The van der Waals surface area contributed by atoms with E-state index >= 15 is 0 Å². The van der Waals surface area contributed by atoms with Gasteiger partial charge in [0, 0.05) is 0 Å². The molecule has 4 heteroatoms. The predicted molar refractivity (Wildman–Crippen MR) is 49.3 cm³/mol. The summed E-state index contributed by atoms with van der Waals surface area (Å²) in [5, 5.41) is 36.6. The average Bonchev–Trinajstić information content (AvgIpc) is 2.20. The quantitative estimate of drug-likeness (QED) is 0.467. The summed E-state index contributed by atoms with van der Waals surface area (Å²) < 4.78 is 0. The van der Waals surface area contributed by atoms with Gasteiger partial charge in [0.05, 0.1) is 25.2 Å². The average molecular weight is 190 g/mol. The van der Waals surface area contributed by atoms with Gasteiger partial charge in [0.2, 0.25) is 0 Å². The molecule has 4 nitrogen and oxygen atoms in total. The molecular weight excluding hydrogens is 172 g/mol. The molecule has 0 aliphatic carbocycles. The van der Waals surface area contributed by atoms with Crippen LogP contribution in [0, 0.1) is 5.41 Å². The van der Waals surface area contributed by atoms with E-state index in [2.05, 4.69) is 0 Å². The highest BCUT2D eigenvalue weighted by Gasteiger charge is 2.34. The van der Waals surface area contributed by atoms with Crippen LogP contribution >= 0.6 is 0 Å². The van der Waals surface area contributed by atoms with E-state index in [0.29, 0.717) is 12.0 Å². The highest BCUT2D eigenvalue weighted by Crippen LogP contribution is 2.27. The van der Waals surface area contributed by atoms with Gasteiger partial charge in [-0.3, -0.25) is 0 Å². The van der Waals surface area contributed by atoms with E-state index in [1.54, 1.807) is 6.92 Å². The predicted octanol–water partition coefficient (Wildman–Crippen LogP) is 0.192. The Morgan fingerprint density at radius 2 is 1.46 bits per heavy atom. The Balaban J connectivity index is 4.94. The molecule has 0 aromatic heterocycles. The molecule has 78 valence electrons. The van der Waals surface area contributed by atoms with Crippen molar-refractivity contribution in [3.63, 3.8) is 0 Å². The van der Waals surface area contributed by atoms with Crippen molar-refractivity contribution in [2.75, 3.05) is 19.8 Å².